The highest BCUT2D eigenvalue weighted by molar-refractivity contribution is 6.76. The summed E-state index contributed by atoms with van der Waals surface area (Å²) in [6, 6.07) is 0. The van der Waals surface area contributed by atoms with Gasteiger partial charge >= 0.3 is 8.56 Å². The number of hydrogen-bond acceptors (Lipinski definition) is 2. The first-order chi connectivity index (χ1) is 5.33. The van der Waals surface area contributed by atoms with Crippen molar-refractivity contribution in [3.8, 4) is 0 Å². The molecule has 1 aliphatic rings. The van der Waals surface area contributed by atoms with E-state index in [4.69, 9.17) is 8.85 Å². The van der Waals surface area contributed by atoms with Gasteiger partial charge in [0.25, 0.3) is 0 Å². The fourth-order valence-electron chi connectivity index (χ4n) is 3.34. The van der Waals surface area contributed by atoms with Crippen LogP contribution in [0.25, 0.3) is 0 Å². The summed E-state index contributed by atoms with van der Waals surface area (Å²) in [6.45, 7) is 8.99. The highest BCUT2D eigenvalue weighted by Crippen LogP contribution is 2.69. The highest BCUT2D eigenvalue weighted by atomic mass is 28.4. The lowest BCUT2D eigenvalue weighted by atomic mass is 9.96. The van der Waals surface area contributed by atoms with Crippen LogP contribution in [0.2, 0.25) is 10.1 Å². The molecule has 0 aromatic carbocycles. The van der Waals surface area contributed by atoms with Crippen molar-refractivity contribution in [2.75, 3.05) is 14.2 Å². The van der Waals surface area contributed by atoms with Crippen LogP contribution < -0.4 is 0 Å². The predicted molar refractivity (Wildman–Crippen MR) is 52.5 cm³/mol. The molecule has 1 saturated heterocycles. The Morgan fingerprint density at radius 2 is 1.25 bits per heavy atom. The van der Waals surface area contributed by atoms with Crippen LogP contribution in [-0.4, -0.2) is 22.8 Å². The second-order valence-electron chi connectivity index (χ2n) is 4.97. The van der Waals surface area contributed by atoms with Crippen LogP contribution in [0.3, 0.4) is 0 Å². The summed E-state index contributed by atoms with van der Waals surface area (Å²) in [7, 11) is 1.63. The molecule has 0 aliphatic carbocycles. The molecule has 0 radical (unpaired) electrons. The maximum atomic E-state index is 5.67. The second-order valence-corrected chi connectivity index (χ2v) is 9.73. The Bertz CT molecular complexity index is 167. The van der Waals surface area contributed by atoms with Gasteiger partial charge in [-0.3, -0.25) is 0 Å². The summed E-state index contributed by atoms with van der Waals surface area (Å²) in [6.07, 6.45) is 1.20. The van der Waals surface area contributed by atoms with E-state index in [-0.39, 0.29) is 10.1 Å². The van der Waals surface area contributed by atoms with Crippen molar-refractivity contribution in [2.24, 2.45) is 0 Å². The maximum absolute atomic E-state index is 5.67. The van der Waals surface area contributed by atoms with E-state index in [2.05, 4.69) is 27.7 Å². The van der Waals surface area contributed by atoms with Crippen molar-refractivity contribution in [2.45, 2.75) is 44.2 Å². The average Bonchev–Trinajstić information content (AvgIpc) is 1.85. The third-order valence-corrected chi connectivity index (χ3v) is 8.31. The quantitative estimate of drug-likeness (QED) is 0.620. The molecule has 72 valence electrons. The van der Waals surface area contributed by atoms with Crippen molar-refractivity contribution >= 4 is 8.56 Å². The second kappa shape index (κ2) is 2.56. The van der Waals surface area contributed by atoms with Crippen molar-refractivity contribution in [3.63, 3.8) is 0 Å². The van der Waals surface area contributed by atoms with Crippen LogP contribution in [0, 0.1) is 0 Å². The lowest BCUT2D eigenvalue weighted by Gasteiger charge is -2.61. The van der Waals surface area contributed by atoms with Crippen LogP contribution >= 0.6 is 0 Å². The molecule has 0 aromatic rings. The van der Waals surface area contributed by atoms with Crippen LogP contribution in [-0.2, 0) is 8.85 Å². The molecular weight excluding hydrogens is 168 g/mol. The van der Waals surface area contributed by atoms with Gasteiger partial charge in [0.05, 0.1) is 0 Å². The minimum Gasteiger partial charge on any atom is -0.397 e. The highest BCUT2D eigenvalue weighted by Gasteiger charge is 2.71. The summed E-state index contributed by atoms with van der Waals surface area (Å²) in [5.41, 5.74) is 0. The Kier molecular flexibility index (Phi) is 2.18. The lowest BCUT2D eigenvalue weighted by Crippen LogP contribution is -2.66. The van der Waals surface area contributed by atoms with Crippen LogP contribution in [0.1, 0.15) is 34.1 Å². The molecule has 2 nitrogen and oxygen atoms in total. The van der Waals surface area contributed by atoms with E-state index in [1.165, 1.54) is 6.42 Å². The van der Waals surface area contributed by atoms with E-state index in [0.29, 0.717) is 0 Å². The van der Waals surface area contributed by atoms with E-state index in [0.717, 1.165) is 0 Å². The summed E-state index contributed by atoms with van der Waals surface area (Å²) < 4.78 is 11.3. The first-order valence-electron chi connectivity index (χ1n) is 4.43. The minimum absolute atomic E-state index is 0.264. The third-order valence-electron chi connectivity index (χ3n) is 3.24. The van der Waals surface area contributed by atoms with Gasteiger partial charge in [0, 0.05) is 24.3 Å². The van der Waals surface area contributed by atoms with Crippen molar-refractivity contribution in [1.82, 2.24) is 0 Å². The molecule has 3 heteroatoms. The summed E-state index contributed by atoms with van der Waals surface area (Å²) in [5.74, 6) is 0. The zero-order chi connectivity index (χ0) is 9.62. The van der Waals surface area contributed by atoms with Crippen LogP contribution in [0.4, 0.5) is 0 Å². The molecule has 0 bridgehead atoms. The molecular formula is C9H20O2Si. The van der Waals surface area contributed by atoms with E-state index in [1.54, 1.807) is 14.2 Å². The Labute approximate surface area is 76.5 Å². The monoisotopic (exact) mass is 188 g/mol. The Balaban J connectivity index is 2.96. The van der Waals surface area contributed by atoms with Gasteiger partial charge < -0.3 is 8.85 Å². The Hall–Kier alpha value is 0.137. The molecule has 1 heterocycles. The molecule has 12 heavy (non-hydrogen) atoms. The average molecular weight is 188 g/mol. The summed E-state index contributed by atoms with van der Waals surface area (Å²) >= 11 is 0. The Morgan fingerprint density at radius 1 is 0.917 bits per heavy atom. The van der Waals surface area contributed by atoms with Crippen molar-refractivity contribution in [1.29, 1.82) is 0 Å². The number of rotatable bonds is 2. The molecule has 1 rings (SSSR count). The molecule has 0 atom stereocenters. The van der Waals surface area contributed by atoms with Gasteiger partial charge in [-0.15, -0.1) is 0 Å². The van der Waals surface area contributed by atoms with Crippen molar-refractivity contribution in [3.05, 3.63) is 0 Å². The fourth-order valence-corrected chi connectivity index (χ4v) is 8.59. The molecule has 0 aromatic heterocycles. The minimum atomic E-state index is -1.95. The van der Waals surface area contributed by atoms with E-state index in [9.17, 15) is 0 Å². The first-order valence-corrected chi connectivity index (χ1v) is 6.25. The largest absolute Gasteiger partial charge is 0.397 e. The Morgan fingerprint density at radius 3 is 1.33 bits per heavy atom. The van der Waals surface area contributed by atoms with E-state index in [1.807, 2.05) is 0 Å². The SMILES string of the molecule is CO[Si]1(OC)C(C)(C)CC1(C)C. The summed E-state index contributed by atoms with van der Waals surface area (Å²) in [5, 5.41) is 0.528. The molecule has 0 amide bonds. The molecule has 1 fully saturated rings. The van der Waals surface area contributed by atoms with Crippen LogP contribution in [0.15, 0.2) is 0 Å². The smallest absolute Gasteiger partial charge is 0.349 e. The van der Waals surface area contributed by atoms with Gasteiger partial charge in [0.15, 0.2) is 0 Å². The standard InChI is InChI=1S/C9H20O2Si/c1-8(2)7-9(3,4)12(8,10-5)11-6/h7H2,1-6H3. The normalized spacial score (nSPS) is 29.5. The molecule has 0 spiro atoms. The first kappa shape index (κ1) is 10.2. The maximum Gasteiger partial charge on any atom is 0.349 e. The number of hydrogen-bond donors (Lipinski definition) is 0. The zero-order valence-corrected chi connectivity index (χ0v) is 10.0. The molecule has 1 aliphatic heterocycles. The summed E-state index contributed by atoms with van der Waals surface area (Å²) in [4.78, 5) is 0. The lowest BCUT2D eigenvalue weighted by molar-refractivity contribution is 0.119. The molecule has 0 N–H and O–H groups in total. The van der Waals surface area contributed by atoms with Gasteiger partial charge in [-0.1, -0.05) is 27.7 Å². The van der Waals surface area contributed by atoms with Gasteiger partial charge in [0.1, 0.15) is 0 Å². The molecule has 0 saturated carbocycles. The van der Waals surface area contributed by atoms with Gasteiger partial charge in [-0.2, -0.15) is 0 Å². The van der Waals surface area contributed by atoms with Gasteiger partial charge in [-0.05, 0) is 6.42 Å². The van der Waals surface area contributed by atoms with E-state index >= 15 is 0 Å². The zero-order valence-electron chi connectivity index (χ0n) is 9.02. The van der Waals surface area contributed by atoms with Crippen molar-refractivity contribution < 1.29 is 8.85 Å². The van der Waals surface area contributed by atoms with Gasteiger partial charge in [-0.25, -0.2) is 0 Å². The predicted octanol–water partition coefficient (Wildman–Crippen LogP) is 2.69. The van der Waals surface area contributed by atoms with E-state index < -0.39 is 8.56 Å². The van der Waals surface area contributed by atoms with Gasteiger partial charge in [0.2, 0.25) is 0 Å². The molecule has 0 unspecified atom stereocenters. The topological polar surface area (TPSA) is 18.5 Å². The fraction of sp³-hybridized carbons (Fsp3) is 1.00. The third kappa shape index (κ3) is 0.932. The van der Waals surface area contributed by atoms with Crippen LogP contribution in [0.5, 0.6) is 0 Å².